The number of carbonyl (C=O) groups excluding carboxylic acids is 1. The van der Waals surface area contributed by atoms with E-state index in [1.807, 2.05) is 12.1 Å². The van der Waals surface area contributed by atoms with E-state index in [0.717, 1.165) is 5.56 Å². The first-order valence-corrected chi connectivity index (χ1v) is 10.0. The summed E-state index contributed by atoms with van der Waals surface area (Å²) in [6, 6.07) is 13.5. The number of hydrogen-bond acceptors (Lipinski definition) is 7. The van der Waals surface area contributed by atoms with Crippen molar-refractivity contribution >= 4 is 51.4 Å². The van der Waals surface area contributed by atoms with Crippen LogP contribution in [-0.2, 0) is 4.79 Å². The minimum atomic E-state index is -0.456. The van der Waals surface area contributed by atoms with Crippen LogP contribution < -0.4 is 4.90 Å². The van der Waals surface area contributed by atoms with Crippen LogP contribution in [0.25, 0.3) is 10.6 Å². The van der Waals surface area contributed by atoms with Crippen molar-refractivity contribution in [2.24, 2.45) is 0 Å². The van der Waals surface area contributed by atoms with Crippen LogP contribution >= 0.6 is 34.7 Å². The van der Waals surface area contributed by atoms with Gasteiger partial charge in [-0.1, -0.05) is 47.2 Å². The molecule has 1 aliphatic rings. The lowest BCUT2D eigenvalue weighted by molar-refractivity contribution is -0.384. The number of nitro benzene ring substituents is 1. The van der Waals surface area contributed by atoms with Gasteiger partial charge in [-0.2, -0.15) is 0 Å². The lowest BCUT2D eigenvalue weighted by Gasteiger charge is -2.20. The van der Waals surface area contributed by atoms with Crippen molar-refractivity contribution in [1.82, 2.24) is 10.2 Å². The minimum Gasteiger partial charge on any atom is -0.273 e. The molecule has 0 saturated carbocycles. The van der Waals surface area contributed by atoms with E-state index in [2.05, 4.69) is 10.2 Å². The Bertz CT molecular complexity index is 1030. The summed E-state index contributed by atoms with van der Waals surface area (Å²) >= 11 is 8.69. The van der Waals surface area contributed by atoms with E-state index >= 15 is 0 Å². The van der Waals surface area contributed by atoms with Gasteiger partial charge in [0.2, 0.25) is 11.0 Å². The summed E-state index contributed by atoms with van der Waals surface area (Å²) in [5.74, 6) is 0.292. The Labute approximate surface area is 167 Å². The first kappa shape index (κ1) is 17.9. The van der Waals surface area contributed by atoms with Crippen LogP contribution in [0.3, 0.4) is 0 Å². The Hall–Kier alpha value is -2.49. The number of thioether (sulfide) groups is 1. The first-order valence-electron chi connectivity index (χ1n) is 7.80. The molecule has 3 aromatic rings. The largest absolute Gasteiger partial charge is 0.273 e. The van der Waals surface area contributed by atoms with Gasteiger partial charge in [0, 0.05) is 22.7 Å². The van der Waals surface area contributed by atoms with Gasteiger partial charge >= 0.3 is 0 Å². The predicted molar refractivity (Wildman–Crippen MR) is 106 cm³/mol. The molecular formula is C17H11ClN4O3S2. The molecule has 0 spiro atoms. The highest BCUT2D eigenvalue weighted by Gasteiger charge is 2.36. The number of carbonyl (C=O) groups is 1. The van der Waals surface area contributed by atoms with Crippen molar-refractivity contribution in [2.75, 3.05) is 10.7 Å². The maximum atomic E-state index is 12.4. The Balaban J connectivity index is 1.67. The lowest BCUT2D eigenvalue weighted by atomic mass is 10.2. The van der Waals surface area contributed by atoms with Crippen LogP contribution in [0.15, 0.2) is 48.5 Å². The monoisotopic (exact) mass is 418 g/mol. The number of aromatic nitrogens is 2. The number of nitrogens with zero attached hydrogens (tertiary/aromatic N) is 4. The summed E-state index contributed by atoms with van der Waals surface area (Å²) in [5, 5.41) is 20.7. The van der Waals surface area contributed by atoms with Crippen molar-refractivity contribution in [3.05, 3.63) is 69.2 Å². The predicted octanol–water partition coefficient (Wildman–Crippen LogP) is 4.55. The normalized spacial score (nSPS) is 16.7. The van der Waals surface area contributed by atoms with Crippen LogP contribution in [0, 0.1) is 10.1 Å². The molecule has 1 amide bonds. The molecule has 2 aromatic carbocycles. The van der Waals surface area contributed by atoms with Crippen LogP contribution in [0.4, 0.5) is 10.8 Å². The maximum absolute atomic E-state index is 12.4. The quantitative estimate of drug-likeness (QED) is 0.456. The Morgan fingerprint density at radius 1 is 1.19 bits per heavy atom. The molecule has 1 fully saturated rings. The number of hydrogen-bond donors (Lipinski definition) is 0. The fraction of sp³-hybridized carbons (Fsp3) is 0.118. The van der Waals surface area contributed by atoms with E-state index in [0.29, 0.717) is 26.5 Å². The first-order chi connectivity index (χ1) is 13.0. The number of non-ortho nitro benzene ring substituents is 1. The van der Waals surface area contributed by atoms with Gasteiger partial charge in [0.1, 0.15) is 10.4 Å². The molecule has 0 bridgehead atoms. The van der Waals surface area contributed by atoms with E-state index in [1.54, 1.807) is 29.2 Å². The van der Waals surface area contributed by atoms with Gasteiger partial charge < -0.3 is 0 Å². The molecule has 10 heteroatoms. The number of nitro groups is 1. The standard InChI is InChI=1S/C17H11ClN4O3S2/c18-12-6-4-10(5-7-12)16-21(14(23)9-26-16)17-20-19-15(27-17)11-2-1-3-13(8-11)22(24)25/h1-8,16H,9H2. The van der Waals surface area contributed by atoms with Crippen LogP contribution in [0.2, 0.25) is 5.02 Å². The average molecular weight is 419 g/mol. The highest BCUT2D eigenvalue weighted by Crippen LogP contribution is 2.43. The molecule has 136 valence electrons. The van der Waals surface area contributed by atoms with Crippen LogP contribution in [0.5, 0.6) is 0 Å². The lowest BCUT2D eigenvalue weighted by Crippen LogP contribution is -2.27. The van der Waals surface area contributed by atoms with Crippen LogP contribution in [0.1, 0.15) is 10.9 Å². The molecule has 0 radical (unpaired) electrons. The number of amides is 1. The highest BCUT2D eigenvalue weighted by atomic mass is 35.5. The van der Waals surface area contributed by atoms with Gasteiger partial charge in [-0.15, -0.1) is 22.0 Å². The molecular weight excluding hydrogens is 408 g/mol. The summed E-state index contributed by atoms with van der Waals surface area (Å²) in [6.45, 7) is 0. The second-order valence-electron chi connectivity index (χ2n) is 5.68. The SMILES string of the molecule is O=C1CSC(c2ccc(Cl)cc2)N1c1nnc(-c2cccc([N+](=O)[O-])c2)s1. The van der Waals surface area contributed by atoms with Gasteiger partial charge in [-0.05, 0) is 17.7 Å². The molecule has 0 aliphatic carbocycles. The number of benzene rings is 2. The molecule has 27 heavy (non-hydrogen) atoms. The fourth-order valence-corrected chi connectivity index (χ4v) is 4.92. The summed E-state index contributed by atoms with van der Waals surface area (Å²) in [7, 11) is 0. The molecule has 1 aliphatic heterocycles. The number of anilines is 1. The average Bonchev–Trinajstić information content (AvgIpc) is 3.29. The molecule has 0 N–H and O–H groups in total. The van der Waals surface area contributed by atoms with Crippen molar-refractivity contribution in [1.29, 1.82) is 0 Å². The van der Waals surface area contributed by atoms with Gasteiger partial charge in [0.15, 0.2) is 0 Å². The van der Waals surface area contributed by atoms with Crippen molar-refractivity contribution < 1.29 is 9.72 Å². The molecule has 1 aromatic heterocycles. The topological polar surface area (TPSA) is 89.2 Å². The Morgan fingerprint density at radius 3 is 2.70 bits per heavy atom. The smallest absolute Gasteiger partial charge is 0.270 e. The zero-order valence-electron chi connectivity index (χ0n) is 13.6. The fourth-order valence-electron chi connectivity index (χ4n) is 2.69. The molecule has 1 unspecified atom stereocenters. The van der Waals surface area contributed by atoms with E-state index in [9.17, 15) is 14.9 Å². The second kappa shape index (κ2) is 7.26. The Morgan fingerprint density at radius 2 is 1.96 bits per heavy atom. The molecule has 4 rings (SSSR count). The van der Waals surface area contributed by atoms with Crippen molar-refractivity contribution in [3.8, 4) is 10.6 Å². The third-order valence-electron chi connectivity index (χ3n) is 3.95. The van der Waals surface area contributed by atoms with E-state index in [1.165, 1.54) is 35.2 Å². The van der Waals surface area contributed by atoms with Gasteiger partial charge in [-0.3, -0.25) is 19.8 Å². The van der Waals surface area contributed by atoms with Crippen molar-refractivity contribution in [3.63, 3.8) is 0 Å². The zero-order chi connectivity index (χ0) is 19.0. The third kappa shape index (κ3) is 3.53. The zero-order valence-corrected chi connectivity index (χ0v) is 16.0. The summed E-state index contributed by atoms with van der Waals surface area (Å²) in [4.78, 5) is 24.6. The summed E-state index contributed by atoms with van der Waals surface area (Å²) in [6.07, 6.45) is 0. The van der Waals surface area contributed by atoms with Gasteiger partial charge in [-0.25, -0.2) is 0 Å². The van der Waals surface area contributed by atoms with Crippen LogP contribution in [-0.4, -0.2) is 26.8 Å². The minimum absolute atomic E-state index is 0.0175. The Kier molecular flexibility index (Phi) is 4.81. The van der Waals surface area contributed by atoms with E-state index in [-0.39, 0.29) is 17.0 Å². The van der Waals surface area contributed by atoms with Gasteiger partial charge in [0.25, 0.3) is 5.69 Å². The summed E-state index contributed by atoms with van der Waals surface area (Å²) < 4.78 is 0. The molecule has 1 saturated heterocycles. The summed E-state index contributed by atoms with van der Waals surface area (Å²) in [5.41, 5.74) is 1.52. The third-order valence-corrected chi connectivity index (χ3v) is 6.38. The highest BCUT2D eigenvalue weighted by molar-refractivity contribution is 8.00. The van der Waals surface area contributed by atoms with E-state index < -0.39 is 4.92 Å². The number of rotatable bonds is 4. The maximum Gasteiger partial charge on any atom is 0.270 e. The number of halogens is 1. The molecule has 1 atom stereocenters. The van der Waals surface area contributed by atoms with Crippen molar-refractivity contribution in [2.45, 2.75) is 5.37 Å². The second-order valence-corrected chi connectivity index (χ2v) is 8.14. The van der Waals surface area contributed by atoms with E-state index in [4.69, 9.17) is 11.6 Å². The van der Waals surface area contributed by atoms with Gasteiger partial charge in [0.05, 0.1) is 10.7 Å². The molecule has 7 nitrogen and oxygen atoms in total. The molecule has 2 heterocycles.